The first-order chi connectivity index (χ1) is 15.3. The number of nitrogens with zero attached hydrogens (tertiary/aromatic N) is 2. The third kappa shape index (κ3) is 5.71. The highest BCUT2D eigenvalue weighted by molar-refractivity contribution is 7.09. The van der Waals surface area contributed by atoms with Crippen molar-refractivity contribution in [1.29, 1.82) is 0 Å². The van der Waals surface area contributed by atoms with Crippen molar-refractivity contribution in [2.75, 3.05) is 44.7 Å². The summed E-state index contributed by atoms with van der Waals surface area (Å²) in [6.45, 7) is 5.55. The second-order valence-corrected chi connectivity index (χ2v) is 9.70. The largest absolute Gasteiger partial charge is 0.490 e. The summed E-state index contributed by atoms with van der Waals surface area (Å²) in [7, 11) is 0. The van der Waals surface area contributed by atoms with Crippen LogP contribution in [0.4, 0.5) is 5.69 Å². The van der Waals surface area contributed by atoms with Crippen molar-refractivity contribution in [3.05, 3.63) is 40.6 Å². The van der Waals surface area contributed by atoms with Crippen LogP contribution in [0.5, 0.6) is 11.5 Å². The van der Waals surface area contributed by atoms with Gasteiger partial charge in [-0.15, -0.1) is 11.3 Å². The molecule has 2 aliphatic heterocycles. The molecule has 1 aromatic heterocycles. The minimum atomic E-state index is 0.653. The van der Waals surface area contributed by atoms with E-state index in [1.54, 1.807) is 11.3 Å². The predicted octanol–water partition coefficient (Wildman–Crippen LogP) is 3.99. The highest BCUT2D eigenvalue weighted by Crippen LogP contribution is 2.33. The van der Waals surface area contributed by atoms with Crippen LogP contribution in [0.25, 0.3) is 0 Å². The lowest BCUT2D eigenvalue weighted by molar-refractivity contribution is 0.297. The van der Waals surface area contributed by atoms with Crippen LogP contribution in [0.2, 0.25) is 0 Å². The number of nitrogens with one attached hydrogen (secondary N) is 2. The molecule has 5 rings (SSSR count). The summed E-state index contributed by atoms with van der Waals surface area (Å²) >= 11 is 1.80. The van der Waals surface area contributed by atoms with E-state index in [1.807, 2.05) is 18.2 Å². The van der Waals surface area contributed by atoms with Gasteiger partial charge in [0.2, 0.25) is 0 Å². The standard InChI is InChI=1S/C24H32N4O2S/c1-3-21(31-14-1)8-10-25-24(26-16-18-9-11-28(17-18)20-5-6-20)27-19-4-7-22-23(15-19)30-13-2-12-29-22/h1,3-4,7,14-15,18,20H,2,5-6,8-13,16-17H2,(H2,25,26,27). The van der Waals surface area contributed by atoms with Gasteiger partial charge in [-0.1, -0.05) is 6.07 Å². The molecule has 3 aliphatic rings. The Labute approximate surface area is 188 Å². The summed E-state index contributed by atoms with van der Waals surface area (Å²) in [5, 5.41) is 9.15. The van der Waals surface area contributed by atoms with Gasteiger partial charge in [0, 0.05) is 48.7 Å². The summed E-state index contributed by atoms with van der Waals surface area (Å²) in [4.78, 5) is 9.01. The van der Waals surface area contributed by atoms with Crippen molar-refractivity contribution in [3.63, 3.8) is 0 Å². The summed E-state index contributed by atoms with van der Waals surface area (Å²) in [6, 6.07) is 11.2. The molecule has 0 amide bonds. The number of hydrogen-bond acceptors (Lipinski definition) is 5. The quantitative estimate of drug-likeness (QED) is 0.504. The molecule has 2 N–H and O–H groups in total. The summed E-state index contributed by atoms with van der Waals surface area (Å²) in [5.74, 6) is 3.12. The van der Waals surface area contributed by atoms with Gasteiger partial charge < -0.3 is 25.0 Å². The zero-order valence-corrected chi connectivity index (χ0v) is 18.8. The van der Waals surface area contributed by atoms with Crippen LogP contribution in [-0.4, -0.2) is 56.3 Å². The molecule has 1 saturated carbocycles. The maximum absolute atomic E-state index is 5.85. The molecule has 31 heavy (non-hydrogen) atoms. The molecule has 1 atom stereocenters. The highest BCUT2D eigenvalue weighted by Gasteiger charge is 2.34. The average Bonchev–Trinajstić information content (AvgIpc) is 3.38. The third-order valence-electron chi connectivity index (χ3n) is 6.14. The number of ether oxygens (including phenoxy) is 2. The van der Waals surface area contributed by atoms with E-state index in [1.165, 1.54) is 37.2 Å². The lowest BCUT2D eigenvalue weighted by Crippen LogP contribution is -2.33. The van der Waals surface area contributed by atoms with E-state index in [2.05, 4.69) is 33.0 Å². The second-order valence-electron chi connectivity index (χ2n) is 8.66. The van der Waals surface area contributed by atoms with E-state index >= 15 is 0 Å². The van der Waals surface area contributed by atoms with Gasteiger partial charge in [0.15, 0.2) is 17.5 Å². The number of guanidine groups is 1. The van der Waals surface area contributed by atoms with Crippen LogP contribution in [0.1, 0.15) is 30.6 Å². The summed E-state index contributed by atoms with van der Waals surface area (Å²) in [5.41, 5.74) is 0.970. The Morgan fingerprint density at radius 2 is 2.03 bits per heavy atom. The van der Waals surface area contributed by atoms with E-state index < -0.39 is 0 Å². The monoisotopic (exact) mass is 440 g/mol. The molecule has 0 bridgehead atoms. The molecule has 1 aromatic carbocycles. The van der Waals surface area contributed by atoms with Gasteiger partial charge in [-0.3, -0.25) is 4.99 Å². The Bertz CT molecular complexity index is 882. The van der Waals surface area contributed by atoms with Crippen molar-refractivity contribution >= 4 is 23.0 Å². The zero-order valence-electron chi connectivity index (χ0n) is 18.0. The zero-order chi connectivity index (χ0) is 20.9. The number of rotatable bonds is 7. The molecule has 7 heteroatoms. The van der Waals surface area contributed by atoms with Crippen molar-refractivity contribution in [1.82, 2.24) is 10.2 Å². The Morgan fingerprint density at radius 3 is 2.87 bits per heavy atom. The lowest BCUT2D eigenvalue weighted by atomic mass is 10.1. The first-order valence-corrected chi connectivity index (χ1v) is 12.4. The van der Waals surface area contributed by atoms with Crippen LogP contribution < -0.4 is 20.1 Å². The van der Waals surface area contributed by atoms with Gasteiger partial charge in [0.05, 0.1) is 13.2 Å². The van der Waals surface area contributed by atoms with Crippen LogP contribution >= 0.6 is 11.3 Å². The molecule has 1 saturated heterocycles. The highest BCUT2D eigenvalue weighted by atomic mass is 32.1. The number of hydrogen-bond donors (Lipinski definition) is 2. The van der Waals surface area contributed by atoms with E-state index in [0.717, 1.165) is 55.1 Å². The molecule has 1 unspecified atom stereocenters. The Morgan fingerprint density at radius 1 is 1.13 bits per heavy atom. The Hall–Kier alpha value is -2.25. The lowest BCUT2D eigenvalue weighted by Gasteiger charge is -2.16. The van der Waals surface area contributed by atoms with Gasteiger partial charge >= 0.3 is 0 Å². The smallest absolute Gasteiger partial charge is 0.195 e. The van der Waals surface area contributed by atoms with Crippen molar-refractivity contribution < 1.29 is 9.47 Å². The van der Waals surface area contributed by atoms with E-state index in [4.69, 9.17) is 14.5 Å². The first kappa shape index (κ1) is 20.6. The van der Waals surface area contributed by atoms with Gasteiger partial charge in [-0.25, -0.2) is 0 Å². The minimum absolute atomic E-state index is 0.653. The molecule has 3 heterocycles. The molecular formula is C24H32N4O2S. The van der Waals surface area contributed by atoms with Crippen LogP contribution in [0.15, 0.2) is 40.7 Å². The van der Waals surface area contributed by atoms with E-state index in [-0.39, 0.29) is 0 Å². The normalized spacial score (nSPS) is 21.7. The number of anilines is 1. The van der Waals surface area contributed by atoms with Gasteiger partial charge in [-0.2, -0.15) is 0 Å². The van der Waals surface area contributed by atoms with Gasteiger partial charge in [-0.05, 0) is 61.7 Å². The number of likely N-dealkylation sites (tertiary alicyclic amines) is 1. The average molecular weight is 441 g/mol. The molecule has 0 radical (unpaired) electrons. The van der Waals surface area contributed by atoms with Crippen LogP contribution in [0, 0.1) is 5.92 Å². The Balaban J connectivity index is 1.23. The summed E-state index contributed by atoms with van der Waals surface area (Å²) in [6.07, 6.45) is 5.94. The first-order valence-electron chi connectivity index (χ1n) is 11.5. The molecule has 166 valence electrons. The number of aliphatic imine (C=N–C) groups is 1. The van der Waals surface area contributed by atoms with Crippen molar-refractivity contribution in [2.45, 2.75) is 38.1 Å². The van der Waals surface area contributed by atoms with E-state index in [9.17, 15) is 0 Å². The molecule has 1 aliphatic carbocycles. The number of thiophene rings is 1. The summed E-state index contributed by atoms with van der Waals surface area (Å²) < 4.78 is 11.6. The fourth-order valence-electron chi connectivity index (χ4n) is 4.28. The van der Waals surface area contributed by atoms with Crippen molar-refractivity contribution in [2.24, 2.45) is 10.9 Å². The van der Waals surface area contributed by atoms with Gasteiger partial charge in [0.1, 0.15) is 0 Å². The van der Waals surface area contributed by atoms with Crippen molar-refractivity contribution in [3.8, 4) is 11.5 Å². The molecule has 2 aromatic rings. The second kappa shape index (κ2) is 9.92. The maximum Gasteiger partial charge on any atom is 0.195 e. The molecular weight excluding hydrogens is 408 g/mol. The number of fused-ring (bicyclic) bond motifs is 1. The fraction of sp³-hybridized carbons (Fsp3) is 0.542. The maximum atomic E-state index is 5.85. The predicted molar refractivity (Wildman–Crippen MR) is 127 cm³/mol. The van der Waals surface area contributed by atoms with E-state index in [0.29, 0.717) is 19.1 Å². The van der Waals surface area contributed by atoms with Crippen LogP contribution in [-0.2, 0) is 6.42 Å². The molecule has 2 fully saturated rings. The number of benzene rings is 1. The Kier molecular flexibility index (Phi) is 6.60. The SMILES string of the molecule is c1csc(CCNC(=NCC2CCN(C3CC3)C2)Nc2ccc3c(c2)OCCCO3)c1. The molecule has 6 nitrogen and oxygen atoms in total. The fourth-order valence-corrected chi connectivity index (χ4v) is 4.99. The van der Waals surface area contributed by atoms with Gasteiger partial charge in [0.25, 0.3) is 0 Å². The third-order valence-corrected chi connectivity index (χ3v) is 7.08. The minimum Gasteiger partial charge on any atom is -0.490 e. The topological polar surface area (TPSA) is 58.1 Å². The molecule has 0 spiro atoms. The van der Waals surface area contributed by atoms with Crippen LogP contribution in [0.3, 0.4) is 0 Å².